The third kappa shape index (κ3) is 4.81. The van der Waals surface area contributed by atoms with Crippen molar-refractivity contribution in [2.75, 3.05) is 18.4 Å². The lowest BCUT2D eigenvalue weighted by Gasteiger charge is -2.23. The molecule has 0 aromatic heterocycles. The second-order valence-corrected chi connectivity index (χ2v) is 6.35. The number of rotatable bonds is 4. The third-order valence-corrected chi connectivity index (χ3v) is 3.65. The maximum absolute atomic E-state index is 11.9. The van der Waals surface area contributed by atoms with Crippen LogP contribution in [0.3, 0.4) is 0 Å². The molecule has 0 saturated carbocycles. The maximum Gasteiger partial charge on any atom is 0.243 e. The van der Waals surface area contributed by atoms with E-state index in [2.05, 4.69) is 16.0 Å². The number of carbonyl (C=O) groups is 2. The Hall–Kier alpha value is -1.97. The van der Waals surface area contributed by atoms with E-state index in [1.54, 1.807) is 24.3 Å². The fraction of sp³-hybridized carbons (Fsp3) is 0.333. The molecule has 0 spiro atoms. The molecule has 1 saturated heterocycles. The number of anilines is 1. The Balaban J connectivity index is 1.94. The first-order valence-corrected chi connectivity index (χ1v) is 7.95. The van der Waals surface area contributed by atoms with Crippen LogP contribution in [0.25, 0.3) is 0 Å². The van der Waals surface area contributed by atoms with Crippen molar-refractivity contribution < 1.29 is 18.0 Å². The Bertz CT molecular complexity index is 632. The fourth-order valence-electron chi connectivity index (χ4n) is 1.90. The highest BCUT2D eigenvalue weighted by Crippen LogP contribution is 2.11. The molecule has 1 aliphatic heterocycles. The summed E-state index contributed by atoms with van der Waals surface area (Å²) in [5, 5.41) is 13.0. The summed E-state index contributed by atoms with van der Waals surface area (Å²) in [6.45, 7) is 0.333. The Labute approximate surface area is 122 Å². The first-order chi connectivity index (χ1) is 9.83. The van der Waals surface area contributed by atoms with Gasteiger partial charge < -0.3 is 10.6 Å². The molecule has 1 aromatic rings. The summed E-state index contributed by atoms with van der Waals surface area (Å²) < 4.78 is 21.9. The number of hydrogen-bond donors (Lipinski definition) is 4. The molecule has 1 atom stereocenters. The van der Waals surface area contributed by atoms with Crippen LogP contribution < -0.4 is 21.1 Å². The van der Waals surface area contributed by atoms with Gasteiger partial charge in [0.15, 0.2) is 0 Å². The number of piperazine rings is 1. The van der Waals surface area contributed by atoms with Crippen LogP contribution in [0, 0.1) is 0 Å². The number of hydrogen-bond acceptors (Lipinski definition) is 5. The zero-order valence-corrected chi connectivity index (χ0v) is 11.9. The molecular formula is C12H16N4O4S. The zero-order valence-electron chi connectivity index (χ0n) is 11.1. The molecule has 1 unspecified atom stereocenters. The third-order valence-electron chi connectivity index (χ3n) is 2.92. The lowest BCUT2D eigenvalue weighted by Crippen LogP contribution is -2.56. The Morgan fingerprint density at radius 2 is 2.00 bits per heavy atom. The highest BCUT2D eigenvalue weighted by Gasteiger charge is 2.23. The van der Waals surface area contributed by atoms with Gasteiger partial charge >= 0.3 is 0 Å². The van der Waals surface area contributed by atoms with Gasteiger partial charge in [-0.25, -0.2) is 13.6 Å². The van der Waals surface area contributed by atoms with Crippen molar-refractivity contribution >= 4 is 27.5 Å². The molecule has 2 amide bonds. The standard InChI is InChI=1S/C12H16N4O4S/c13-21(19,20)7-8-1-3-9(4-2-8)16-12(18)10-5-15-11(17)6-14-10/h1-4,10,14H,5-7H2,(H,15,17)(H,16,18)(H2,13,19,20). The van der Waals surface area contributed by atoms with Crippen LogP contribution in [0.15, 0.2) is 24.3 Å². The largest absolute Gasteiger partial charge is 0.353 e. The molecule has 0 aliphatic carbocycles. The lowest BCUT2D eigenvalue weighted by atomic mass is 10.2. The number of sulfonamides is 1. The van der Waals surface area contributed by atoms with Crippen molar-refractivity contribution in [3.8, 4) is 0 Å². The van der Waals surface area contributed by atoms with E-state index in [0.29, 0.717) is 11.3 Å². The van der Waals surface area contributed by atoms with E-state index in [4.69, 9.17) is 5.14 Å². The predicted octanol–water partition coefficient (Wildman–Crippen LogP) is -1.50. The molecule has 0 bridgehead atoms. The Morgan fingerprint density at radius 3 is 2.52 bits per heavy atom. The highest BCUT2D eigenvalue weighted by atomic mass is 32.2. The molecule has 9 heteroatoms. The van der Waals surface area contributed by atoms with Crippen molar-refractivity contribution in [1.82, 2.24) is 10.6 Å². The van der Waals surface area contributed by atoms with E-state index < -0.39 is 16.1 Å². The van der Waals surface area contributed by atoms with E-state index in [-0.39, 0.29) is 30.7 Å². The van der Waals surface area contributed by atoms with Gasteiger partial charge in [0.2, 0.25) is 21.8 Å². The fourth-order valence-corrected chi connectivity index (χ4v) is 2.55. The van der Waals surface area contributed by atoms with Gasteiger partial charge in [0.25, 0.3) is 0 Å². The van der Waals surface area contributed by atoms with Crippen LogP contribution in [0.1, 0.15) is 5.56 Å². The first-order valence-electron chi connectivity index (χ1n) is 6.24. The minimum Gasteiger partial charge on any atom is -0.353 e. The molecular weight excluding hydrogens is 296 g/mol. The normalized spacial score (nSPS) is 18.9. The summed E-state index contributed by atoms with van der Waals surface area (Å²) in [7, 11) is -3.57. The van der Waals surface area contributed by atoms with Gasteiger partial charge in [-0.3, -0.25) is 14.9 Å². The van der Waals surface area contributed by atoms with Gasteiger partial charge in [-0.05, 0) is 17.7 Å². The minimum absolute atomic E-state index is 0.103. The Morgan fingerprint density at radius 1 is 1.33 bits per heavy atom. The first kappa shape index (κ1) is 15.4. The van der Waals surface area contributed by atoms with Crippen molar-refractivity contribution in [3.63, 3.8) is 0 Å². The van der Waals surface area contributed by atoms with Crippen molar-refractivity contribution in [2.24, 2.45) is 5.14 Å². The second kappa shape index (κ2) is 6.20. The molecule has 8 nitrogen and oxygen atoms in total. The Kier molecular flexibility index (Phi) is 4.56. The molecule has 2 rings (SSSR count). The predicted molar refractivity (Wildman–Crippen MR) is 76.7 cm³/mol. The number of primary sulfonamides is 1. The van der Waals surface area contributed by atoms with Crippen LogP contribution in [-0.2, 0) is 25.4 Å². The van der Waals surface area contributed by atoms with Gasteiger partial charge in [-0.1, -0.05) is 12.1 Å². The summed E-state index contributed by atoms with van der Waals surface area (Å²) in [6, 6.07) is 5.86. The highest BCUT2D eigenvalue weighted by molar-refractivity contribution is 7.88. The maximum atomic E-state index is 11.9. The van der Waals surface area contributed by atoms with Crippen LogP contribution in [0.5, 0.6) is 0 Å². The van der Waals surface area contributed by atoms with Crippen molar-refractivity contribution in [2.45, 2.75) is 11.8 Å². The summed E-state index contributed by atoms with van der Waals surface area (Å²) in [4.78, 5) is 22.9. The van der Waals surface area contributed by atoms with Gasteiger partial charge in [-0.2, -0.15) is 0 Å². The van der Waals surface area contributed by atoms with Crippen LogP contribution in [0.2, 0.25) is 0 Å². The SMILES string of the molecule is NS(=O)(=O)Cc1ccc(NC(=O)C2CNC(=O)CN2)cc1. The summed E-state index contributed by atoms with van der Waals surface area (Å²) in [6.07, 6.45) is 0. The summed E-state index contributed by atoms with van der Waals surface area (Å²) in [5.74, 6) is -0.669. The van der Waals surface area contributed by atoms with Crippen molar-refractivity contribution in [3.05, 3.63) is 29.8 Å². The molecule has 1 heterocycles. The number of amides is 2. The van der Waals surface area contributed by atoms with Gasteiger partial charge in [-0.15, -0.1) is 0 Å². The molecule has 5 N–H and O–H groups in total. The smallest absolute Gasteiger partial charge is 0.243 e. The second-order valence-electron chi connectivity index (χ2n) is 4.73. The topological polar surface area (TPSA) is 130 Å². The molecule has 21 heavy (non-hydrogen) atoms. The van der Waals surface area contributed by atoms with E-state index in [0.717, 1.165) is 0 Å². The number of nitrogens with two attached hydrogens (primary N) is 1. The summed E-state index contributed by atoms with van der Waals surface area (Å²) >= 11 is 0. The number of benzene rings is 1. The monoisotopic (exact) mass is 312 g/mol. The van der Waals surface area contributed by atoms with Crippen LogP contribution in [0.4, 0.5) is 5.69 Å². The average Bonchev–Trinajstić information content (AvgIpc) is 2.40. The summed E-state index contributed by atoms with van der Waals surface area (Å²) in [5.41, 5.74) is 1.08. The van der Waals surface area contributed by atoms with Crippen LogP contribution >= 0.6 is 0 Å². The van der Waals surface area contributed by atoms with E-state index in [9.17, 15) is 18.0 Å². The molecule has 114 valence electrons. The van der Waals surface area contributed by atoms with Gasteiger partial charge in [0, 0.05) is 12.2 Å². The van der Waals surface area contributed by atoms with Crippen molar-refractivity contribution in [1.29, 1.82) is 0 Å². The quantitative estimate of drug-likeness (QED) is 0.537. The van der Waals surface area contributed by atoms with E-state index in [1.165, 1.54) is 0 Å². The minimum atomic E-state index is -3.57. The molecule has 1 aromatic carbocycles. The van der Waals surface area contributed by atoms with Gasteiger partial charge in [0.05, 0.1) is 12.3 Å². The van der Waals surface area contributed by atoms with E-state index in [1.807, 2.05) is 0 Å². The average molecular weight is 312 g/mol. The van der Waals surface area contributed by atoms with Crippen LogP contribution in [-0.4, -0.2) is 39.4 Å². The molecule has 1 aliphatic rings. The number of nitrogens with one attached hydrogen (secondary N) is 3. The number of carbonyl (C=O) groups excluding carboxylic acids is 2. The lowest BCUT2D eigenvalue weighted by molar-refractivity contribution is -0.124. The molecule has 1 fully saturated rings. The van der Waals surface area contributed by atoms with E-state index >= 15 is 0 Å². The molecule has 0 radical (unpaired) electrons. The zero-order chi connectivity index (χ0) is 15.5. The van der Waals surface area contributed by atoms with Gasteiger partial charge in [0.1, 0.15) is 6.04 Å².